The van der Waals surface area contributed by atoms with E-state index in [1.165, 1.54) is 0 Å². The molecule has 2 aliphatic heterocycles. The largest absolute Gasteiger partial charge is 0.481 e. The number of aliphatic carboxylic acids is 1. The van der Waals surface area contributed by atoms with Crippen LogP contribution in [0.25, 0.3) is 0 Å². The maximum Gasteiger partial charge on any atom is 0.303 e. The van der Waals surface area contributed by atoms with Crippen LogP contribution in [0.3, 0.4) is 0 Å². The Morgan fingerprint density at radius 2 is 1.93 bits per heavy atom. The summed E-state index contributed by atoms with van der Waals surface area (Å²) >= 11 is 5.33. The summed E-state index contributed by atoms with van der Waals surface area (Å²) in [6.07, 6.45) is 9.95. The molecule has 0 unspecified atom stereocenters. The molecule has 6 nitrogen and oxygen atoms in total. The molecule has 2 fully saturated rings. The number of para-hydroxylation sites is 1. The fourth-order valence-corrected chi connectivity index (χ4v) is 4.35. The van der Waals surface area contributed by atoms with Crippen molar-refractivity contribution in [3.05, 3.63) is 42.5 Å². The van der Waals surface area contributed by atoms with Gasteiger partial charge in [0.2, 0.25) is 0 Å². The Balaban J connectivity index is 1.40. The van der Waals surface area contributed by atoms with Crippen molar-refractivity contribution in [2.45, 2.75) is 50.7 Å². The van der Waals surface area contributed by atoms with Crippen LogP contribution >= 0.6 is 12.2 Å². The predicted octanol–water partition coefficient (Wildman–Crippen LogP) is 3.47. The monoisotopic (exact) mass is 403 g/mol. The van der Waals surface area contributed by atoms with Crippen molar-refractivity contribution in [2.24, 2.45) is 11.8 Å². The van der Waals surface area contributed by atoms with Crippen molar-refractivity contribution in [1.29, 1.82) is 0 Å². The van der Waals surface area contributed by atoms with Gasteiger partial charge in [0.25, 0.3) is 0 Å². The van der Waals surface area contributed by atoms with Gasteiger partial charge in [0, 0.05) is 24.6 Å². The summed E-state index contributed by atoms with van der Waals surface area (Å²) < 4.78 is 6.13. The minimum atomic E-state index is -0.729. The average molecular weight is 404 g/mol. The number of carbonyl (C=O) groups is 1. The van der Waals surface area contributed by atoms with Gasteiger partial charge in [0.05, 0.1) is 12.2 Å². The molecule has 3 rings (SSSR count). The van der Waals surface area contributed by atoms with Crippen LogP contribution < -0.4 is 16.2 Å². The molecule has 0 spiro atoms. The average Bonchev–Trinajstić information content (AvgIpc) is 3.27. The Morgan fingerprint density at radius 3 is 2.68 bits per heavy atom. The van der Waals surface area contributed by atoms with Crippen LogP contribution in [0.2, 0.25) is 0 Å². The normalized spacial score (nSPS) is 25.9. The second-order valence-corrected chi connectivity index (χ2v) is 7.85. The molecule has 152 valence electrons. The standard InChI is InChI=1S/C21H29N3O3S/c25-20(26)11-7-2-1-6-10-16-17(19-13-12-18(16)27-19)14-22-24-21(28)23-15-8-4-3-5-9-15/h1,3-6,8-9,16-19,22H,2,7,10-14H2,(H,25,26)(H2,23,24,28)/t16-,17+,18-,19+/m1/s1. The molecule has 0 aliphatic carbocycles. The number of thiocarbonyl (C=S) groups is 1. The SMILES string of the molecule is O=C(O)CCCC=CC[C@@H]1[C@H](CNNC(=S)Nc2ccccc2)[C@@H]2CC[C@H]1O2. The van der Waals surface area contributed by atoms with E-state index < -0.39 is 5.97 Å². The van der Waals surface area contributed by atoms with Crippen molar-refractivity contribution >= 4 is 29.0 Å². The Bertz CT molecular complexity index is 683. The number of benzene rings is 1. The van der Waals surface area contributed by atoms with Gasteiger partial charge in [0.15, 0.2) is 5.11 Å². The van der Waals surface area contributed by atoms with Gasteiger partial charge in [-0.15, -0.1) is 0 Å². The van der Waals surface area contributed by atoms with Gasteiger partial charge in [-0.05, 0) is 62.4 Å². The quantitative estimate of drug-likeness (QED) is 0.206. The first-order chi connectivity index (χ1) is 13.6. The van der Waals surface area contributed by atoms with Crippen LogP contribution in [0.5, 0.6) is 0 Å². The second-order valence-electron chi connectivity index (χ2n) is 7.44. The molecular weight excluding hydrogens is 374 g/mol. The molecule has 0 saturated carbocycles. The highest BCUT2D eigenvalue weighted by molar-refractivity contribution is 7.80. The Labute approximate surface area is 171 Å². The molecule has 2 bridgehead atoms. The third kappa shape index (κ3) is 6.02. The Kier molecular flexibility index (Phi) is 7.82. The van der Waals surface area contributed by atoms with Crippen molar-refractivity contribution in [2.75, 3.05) is 11.9 Å². The molecule has 4 N–H and O–H groups in total. The van der Waals surface area contributed by atoms with Crippen molar-refractivity contribution in [1.82, 2.24) is 10.9 Å². The van der Waals surface area contributed by atoms with Crippen molar-refractivity contribution in [3.8, 4) is 0 Å². The summed E-state index contributed by atoms with van der Waals surface area (Å²) in [7, 11) is 0. The molecule has 2 aliphatic rings. The fraction of sp³-hybridized carbons (Fsp3) is 0.524. The number of hydrazine groups is 1. The number of rotatable bonds is 10. The summed E-state index contributed by atoms with van der Waals surface area (Å²) in [5, 5.41) is 12.4. The molecule has 0 radical (unpaired) electrons. The van der Waals surface area contributed by atoms with Gasteiger partial charge >= 0.3 is 5.97 Å². The van der Waals surface area contributed by atoms with Crippen LogP contribution in [-0.4, -0.2) is 34.9 Å². The Morgan fingerprint density at radius 1 is 1.18 bits per heavy atom. The third-order valence-corrected chi connectivity index (χ3v) is 5.70. The minimum absolute atomic E-state index is 0.233. The highest BCUT2D eigenvalue weighted by Crippen LogP contribution is 2.44. The van der Waals surface area contributed by atoms with Gasteiger partial charge in [-0.1, -0.05) is 30.4 Å². The second kappa shape index (κ2) is 10.5. The molecule has 2 saturated heterocycles. The number of carboxylic acids is 1. The highest BCUT2D eigenvalue weighted by Gasteiger charge is 2.47. The van der Waals surface area contributed by atoms with E-state index in [1.54, 1.807) is 0 Å². The lowest BCUT2D eigenvalue weighted by atomic mass is 9.77. The zero-order valence-corrected chi connectivity index (χ0v) is 16.8. The number of nitrogens with one attached hydrogen (secondary N) is 3. The molecule has 1 aromatic rings. The van der Waals surface area contributed by atoms with E-state index in [2.05, 4.69) is 28.3 Å². The molecule has 0 amide bonds. The lowest BCUT2D eigenvalue weighted by Crippen LogP contribution is -2.45. The van der Waals surface area contributed by atoms with Gasteiger partial charge in [-0.3, -0.25) is 10.2 Å². The van der Waals surface area contributed by atoms with Crippen LogP contribution in [0.1, 0.15) is 38.5 Å². The summed E-state index contributed by atoms with van der Waals surface area (Å²) in [5.74, 6) is 0.224. The van der Waals surface area contributed by atoms with E-state index in [0.29, 0.717) is 35.6 Å². The summed E-state index contributed by atoms with van der Waals surface area (Å²) in [4.78, 5) is 10.6. The van der Waals surface area contributed by atoms with E-state index in [1.807, 2.05) is 30.3 Å². The fourth-order valence-electron chi connectivity index (χ4n) is 4.16. The molecule has 0 aromatic heterocycles. The predicted molar refractivity (Wildman–Crippen MR) is 114 cm³/mol. The van der Waals surface area contributed by atoms with Gasteiger partial charge in [-0.2, -0.15) is 0 Å². The van der Waals surface area contributed by atoms with E-state index in [4.69, 9.17) is 22.1 Å². The topological polar surface area (TPSA) is 82.6 Å². The van der Waals surface area contributed by atoms with Crippen LogP contribution in [0.15, 0.2) is 42.5 Å². The number of carboxylic acid groups (broad SMARTS) is 1. The number of ether oxygens (including phenoxy) is 1. The molecular formula is C21H29N3O3S. The van der Waals surface area contributed by atoms with Crippen molar-refractivity contribution in [3.63, 3.8) is 0 Å². The zero-order valence-electron chi connectivity index (χ0n) is 16.0. The maximum absolute atomic E-state index is 10.6. The van der Waals surface area contributed by atoms with Gasteiger partial charge in [-0.25, -0.2) is 5.43 Å². The van der Waals surface area contributed by atoms with Gasteiger partial charge < -0.3 is 15.2 Å². The third-order valence-electron chi connectivity index (χ3n) is 5.50. The molecule has 4 atom stereocenters. The number of allylic oxidation sites excluding steroid dienone is 2. The van der Waals surface area contributed by atoms with Gasteiger partial charge in [0.1, 0.15) is 0 Å². The van der Waals surface area contributed by atoms with Crippen molar-refractivity contribution < 1.29 is 14.6 Å². The smallest absolute Gasteiger partial charge is 0.303 e. The van der Waals surface area contributed by atoms with E-state index >= 15 is 0 Å². The minimum Gasteiger partial charge on any atom is -0.481 e. The number of hydrogen-bond donors (Lipinski definition) is 4. The molecule has 7 heteroatoms. The number of anilines is 1. The van der Waals surface area contributed by atoms with Crippen LogP contribution in [-0.2, 0) is 9.53 Å². The lowest BCUT2D eigenvalue weighted by molar-refractivity contribution is -0.137. The summed E-state index contributed by atoms with van der Waals surface area (Å²) in [6.45, 7) is 0.801. The zero-order chi connectivity index (χ0) is 19.8. The number of hydrogen-bond acceptors (Lipinski definition) is 4. The number of fused-ring (bicyclic) bond motifs is 2. The first kappa shape index (κ1) is 20.8. The van der Waals surface area contributed by atoms with Crippen LogP contribution in [0, 0.1) is 11.8 Å². The summed E-state index contributed by atoms with van der Waals surface area (Å²) in [5.41, 5.74) is 7.29. The van der Waals surface area contributed by atoms with E-state index in [-0.39, 0.29) is 6.42 Å². The Hall–Kier alpha value is -1.96. The first-order valence-electron chi connectivity index (χ1n) is 10.0. The lowest BCUT2D eigenvalue weighted by Gasteiger charge is -2.27. The maximum atomic E-state index is 10.6. The molecule has 2 heterocycles. The summed E-state index contributed by atoms with van der Waals surface area (Å²) in [6, 6.07) is 9.83. The number of unbranched alkanes of at least 4 members (excludes halogenated alkanes) is 1. The molecule has 1 aromatic carbocycles. The molecule has 28 heavy (non-hydrogen) atoms. The first-order valence-corrected chi connectivity index (χ1v) is 10.4. The van der Waals surface area contributed by atoms with E-state index in [0.717, 1.165) is 37.9 Å². The van der Waals surface area contributed by atoms with E-state index in [9.17, 15) is 4.79 Å². The van der Waals surface area contributed by atoms with Crippen LogP contribution in [0.4, 0.5) is 5.69 Å². The highest BCUT2D eigenvalue weighted by atomic mass is 32.1.